The molecule has 1 fully saturated rings. The highest BCUT2D eigenvalue weighted by atomic mass is 16.3. The van der Waals surface area contributed by atoms with Crippen LogP contribution in [0.5, 0.6) is 0 Å². The molecule has 1 aliphatic carbocycles. The van der Waals surface area contributed by atoms with Crippen molar-refractivity contribution in [3.63, 3.8) is 0 Å². The molecule has 2 unspecified atom stereocenters. The van der Waals surface area contributed by atoms with Crippen LogP contribution < -0.4 is 5.32 Å². The van der Waals surface area contributed by atoms with Gasteiger partial charge >= 0.3 is 0 Å². The summed E-state index contributed by atoms with van der Waals surface area (Å²) in [5, 5.41) is 13.0. The number of furan rings is 1. The lowest BCUT2D eigenvalue weighted by Gasteiger charge is -2.35. The molecule has 1 saturated heterocycles. The summed E-state index contributed by atoms with van der Waals surface area (Å²) in [4.78, 5) is 37.8. The molecule has 0 saturated carbocycles. The Balaban J connectivity index is 1.76. The minimum Gasteiger partial charge on any atom is -0.465 e. The quantitative estimate of drug-likeness (QED) is 0.834. The van der Waals surface area contributed by atoms with E-state index in [-0.39, 0.29) is 23.8 Å². The van der Waals surface area contributed by atoms with Crippen molar-refractivity contribution in [3.05, 3.63) is 22.6 Å². The summed E-state index contributed by atoms with van der Waals surface area (Å²) in [6.07, 6.45) is 1.47. The molecule has 3 rings (SSSR count). The van der Waals surface area contributed by atoms with E-state index >= 15 is 0 Å². The molecule has 24 heavy (non-hydrogen) atoms. The van der Waals surface area contributed by atoms with Gasteiger partial charge in [-0.3, -0.25) is 14.4 Å². The zero-order valence-corrected chi connectivity index (χ0v) is 13.9. The molecule has 1 aliphatic heterocycles. The summed E-state index contributed by atoms with van der Waals surface area (Å²) in [5.74, 6) is 0.465. The van der Waals surface area contributed by atoms with E-state index in [0.29, 0.717) is 42.9 Å². The van der Waals surface area contributed by atoms with Crippen LogP contribution in [0.2, 0.25) is 0 Å². The third-order valence-electron chi connectivity index (χ3n) is 4.81. The maximum atomic E-state index is 12.7. The number of aliphatic hydroxyl groups excluding tert-OH is 1. The van der Waals surface area contributed by atoms with Crippen LogP contribution in [-0.2, 0) is 11.2 Å². The number of aryl methyl sites for hydroxylation is 2. The van der Waals surface area contributed by atoms with E-state index in [4.69, 9.17) is 4.42 Å². The minimum absolute atomic E-state index is 0.0646. The van der Waals surface area contributed by atoms with Crippen LogP contribution in [0.4, 0.5) is 0 Å². The van der Waals surface area contributed by atoms with Gasteiger partial charge in [0.25, 0.3) is 5.91 Å². The average Bonchev–Trinajstić information content (AvgIpc) is 2.86. The maximum Gasteiger partial charge on any atom is 0.255 e. The van der Waals surface area contributed by atoms with Crippen LogP contribution in [0.1, 0.15) is 58.4 Å². The van der Waals surface area contributed by atoms with E-state index in [9.17, 15) is 19.5 Å². The first-order valence-electron chi connectivity index (χ1n) is 8.28. The van der Waals surface area contributed by atoms with E-state index in [1.165, 1.54) is 6.92 Å². The first-order chi connectivity index (χ1) is 11.4. The van der Waals surface area contributed by atoms with Crippen molar-refractivity contribution in [2.24, 2.45) is 0 Å². The Morgan fingerprint density at radius 1 is 1.33 bits per heavy atom. The topological polar surface area (TPSA) is 99.9 Å². The molecular weight excluding hydrogens is 312 g/mol. The number of rotatable bonds is 2. The van der Waals surface area contributed by atoms with Crippen molar-refractivity contribution < 1.29 is 23.9 Å². The number of carbonyl (C=O) groups is 3. The Bertz CT molecular complexity index is 693. The molecular formula is C17H22N2O5. The number of ketones is 1. The number of β-amino-alcohol motifs (C(OH)–C–C–N with tert-alkyl or cyclic N) is 1. The lowest BCUT2D eigenvalue weighted by Crippen LogP contribution is -2.55. The van der Waals surface area contributed by atoms with Crippen LogP contribution in [0, 0.1) is 6.92 Å². The summed E-state index contributed by atoms with van der Waals surface area (Å²) >= 11 is 0. The van der Waals surface area contributed by atoms with Crippen LogP contribution in [0.25, 0.3) is 0 Å². The van der Waals surface area contributed by atoms with Crippen molar-refractivity contribution in [1.29, 1.82) is 0 Å². The number of nitrogens with one attached hydrogen (secondary N) is 1. The molecule has 7 nitrogen and oxygen atoms in total. The summed E-state index contributed by atoms with van der Waals surface area (Å²) in [6.45, 7) is 3.81. The minimum atomic E-state index is -0.828. The van der Waals surface area contributed by atoms with Crippen molar-refractivity contribution in [2.75, 3.05) is 13.1 Å². The van der Waals surface area contributed by atoms with Crippen LogP contribution in [0.3, 0.4) is 0 Å². The maximum absolute atomic E-state index is 12.7. The first kappa shape index (κ1) is 16.7. The second-order valence-corrected chi connectivity index (χ2v) is 6.51. The Kier molecular flexibility index (Phi) is 4.45. The van der Waals surface area contributed by atoms with E-state index in [1.807, 2.05) is 0 Å². The van der Waals surface area contributed by atoms with Gasteiger partial charge in [-0.05, 0) is 19.8 Å². The highest BCUT2D eigenvalue weighted by Gasteiger charge is 2.34. The van der Waals surface area contributed by atoms with Gasteiger partial charge in [0.2, 0.25) is 5.91 Å². The summed E-state index contributed by atoms with van der Waals surface area (Å²) < 4.78 is 5.60. The Morgan fingerprint density at radius 3 is 2.75 bits per heavy atom. The molecule has 2 aliphatic rings. The van der Waals surface area contributed by atoms with Crippen molar-refractivity contribution in [2.45, 2.75) is 51.7 Å². The lowest BCUT2D eigenvalue weighted by atomic mass is 9.92. The predicted octanol–water partition coefficient (Wildman–Crippen LogP) is 0.819. The molecule has 0 bridgehead atoms. The number of carbonyl (C=O) groups excluding carboxylic acids is 3. The van der Waals surface area contributed by atoms with Crippen LogP contribution in [-0.4, -0.2) is 52.8 Å². The molecule has 0 radical (unpaired) electrons. The standard InChI is InChI=1S/C17H22N2O5/c1-9-15(16-12(21)4-3-5-14(16)24-9)17(23)18-11-6-7-19(10(2)20)8-13(11)22/h11,13,22H,3-8H2,1-2H3,(H,18,23). The third kappa shape index (κ3) is 2.96. The molecule has 2 heterocycles. The van der Waals surface area contributed by atoms with E-state index in [1.54, 1.807) is 11.8 Å². The monoisotopic (exact) mass is 334 g/mol. The van der Waals surface area contributed by atoms with Crippen molar-refractivity contribution >= 4 is 17.6 Å². The fourth-order valence-corrected chi connectivity index (χ4v) is 3.51. The zero-order valence-electron chi connectivity index (χ0n) is 13.9. The summed E-state index contributed by atoms with van der Waals surface area (Å²) in [7, 11) is 0. The third-order valence-corrected chi connectivity index (χ3v) is 4.81. The van der Waals surface area contributed by atoms with Gasteiger partial charge in [-0.25, -0.2) is 0 Å². The van der Waals surface area contributed by atoms with Gasteiger partial charge in [-0.15, -0.1) is 0 Å². The smallest absolute Gasteiger partial charge is 0.255 e. The molecule has 2 atom stereocenters. The van der Waals surface area contributed by atoms with Gasteiger partial charge in [0.05, 0.1) is 23.3 Å². The lowest BCUT2D eigenvalue weighted by molar-refractivity contribution is -0.132. The van der Waals surface area contributed by atoms with Gasteiger partial charge in [-0.1, -0.05) is 0 Å². The number of fused-ring (bicyclic) bond motifs is 1. The SMILES string of the molecule is CC(=O)N1CCC(NC(=O)c2c(C)oc3c2C(=O)CCC3)C(O)C1. The number of hydrogen-bond donors (Lipinski definition) is 2. The van der Waals surface area contributed by atoms with Crippen LogP contribution >= 0.6 is 0 Å². The van der Waals surface area contributed by atoms with Crippen LogP contribution in [0.15, 0.2) is 4.42 Å². The molecule has 2 amide bonds. The number of amides is 2. The molecule has 1 aromatic rings. The van der Waals surface area contributed by atoms with Crippen molar-refractivity contribution in [3.8, 4) is 0 Å². The molecule has 0 spiro atoms. The predicted molar refractivity (Wildman–Crippen MR) is 84.8 cm³/mol. The second kappa shape index (κ2) is 6.39. The van der Waals surface area contributed by atoms with E-state index < -0.39 is 18.1 Å². The Labute approximate surface area is 140 Å². The van der Waals surface area contributed by atoms with Gasteiger partial charge in [0.15, 0.2) is 5.78 Å². The number of Topliss-reactive ketones (excluding diaryl/α,β-unsaturated/α-hetero) is 1. The largest absolute Gasteiger partial charge is 0.465 e. The van der Waals surface area contributed by atoms with Crippen molar-refractivity contribution in [1.82, 2.24) is 10.2 Å². The summed E-state index contributed by atoms with van der Waals surface area (Å²) in [6, 6.07) is -0.447. The number of aliphatic hydroxyl groups is 1. The van der Waals surface area contributed by atoms with Gasteiger partial charge < -0.3 is 19.7 Å². The average molecular weight is 334 g/mol. The van der Waals surface area contributed by atoms with E-state index in [0.717, 1.165) is 6.42 Å². The Morgan fingerprint density at radius 2 is 2.08 bits per heavy atom. The van der Waals surface area contributed by atoms with Gasteiger partial charge in [-0.2, -0.15) is 0 Å². The number of piperidine rings is 1. The molecule has 1 aromatic heterocycles. The second-order valence-electron chi connectivity index (χ2n) is 6.51. The molecule has 2 N–H and O–H groups in total. The fourth-order valence-electron chi connectivity index (χ4n) is 3.51. The molecule has 0 aromatic carbocycles. The van der Waals surface area contributed by atoms with E-state index in [2.05, 4.69) is 5.32 Å². The highest BCUT2D eigenvalue weighted by Crippen LogP contribution is 2.29. The number of nitrogens with zero attached hydrogens (tertiary/aromatic N) is 1. The van der Waals surface area contributed by atoms with Gasteiger partial charge in [0.1, 0.15) is 11.5 Å². The van der Waals surface area contributed by atoms with Gasteiger partial charge in [0, 0.05) is 32.9 Å². The first-order valence-corrected chi connectivity index (χ1v) is 8.28. The highest BCUT2D eigenvalue weighted by molar-refractivity contribution is 6.10. The zero-order chi connectivity index (χ0) is 17.4. The normalized spacial score (nSPS) is 23.8. The Hall–Kier alpha value is -2.15. The molecule has 130 valence electrons. The number of likely N-dealkylation sites (tertiary alicyclic amines) is 1. The summed E-state index contributed by atoms with van der Waals surface area (Å²) in [5.41, 5.74) is 0.683. The number of hydrogen-bond acceptors (Lipinski definition) is 5. The molecule has 7 heteroatoms. The fraction of sp³-hybridized carbons (Fsp3) is 0.588.